The molecule has 2 aliphatic heterocycles. The van der Waals surface area contributed by atoms with Crippen LogP contribution in [0.4, 0.5) is 0 Å². The van der Waals surface area contributed by atoms with E-state index < -0.39 is 24.1 Å². The Hall–Kier alpha value is -1.75. The van der Waals surface area contributed by atoms with E-state index in [1.165, 1.54) is 23.5 Å². The predicted octanol–water partition coefficient (Wildman–Crippen LogP) is 6.92. The molecular formula is C32H34O8S7. The average molecular weight is 771 g/mol. The molecule has 47 heavy (non-hydrogen) atoms. The van der Waals surface area contributed by atoms with Crippen LogP contribution in [0.3, 0.4) is 0 Å². The number of carbonyl (C=O) groups excluding carboxylic acids is 4. The van der Waals surface area contributed by atoms with Gasteiger partial charge in [0, 0.05) is 66.3 Å². The lowest BCUT2D eigenvalue weighted by Crippen LogP contribution is -2.28. The largest absolute Gasteiger partial charge is 0.460 e. The summed E-state index contributed by atoms with van der Waals surface area (Å²) in [5.41, 5.74) is 0. The molecular weight excluding hydrogens is 737 g/mol. The summed E-state index contributed by atoms with van der Waals surface area (Å²) in [6.45, 7) is 6.91. The molecule has 2 saturated heterocycles. The van der Waals surface area contributed by atoms with Crippen LogP contribution in [-0.4, -0.2) is 93.0 Å². The molecule has 2 aromatic rings. The molecule has 2 unspecified atom stereocenters. The zero-order valence-electron chi connectivity index (χ0n) is 25.3. The van der Waals surface area contributed by atoms with Crippen LogP contribution in [0.5, 0.6) is 0 Å². The molecule has 0 saturated carbocycles. The molecule has 0 bridgehead atoms. The maximum absolute atomic E-state index is 12.3. The molecule has 0 N–H and O–H groups in total. The summed E-state index contributed by atoms with van der Waals surface area (Å²) in [6.07, 6.45) is 1.02. The Morgan fingerprint density at radius 3 is 1.32 bits per heavy atom. The first kappa shape index (κ1) is 38.1. The van der Waals surface area contributed by atoms with Crippen LogP contribution in [0.1, 0.15) is 0 Å². The summed E-state index contributed by atoms with van der Waals surface area (Å²) in [7, 11) is 0. The van der Waals surface area contributed by atoms with Gasteiger partial charge in [-0.1, -0.05) is 24.9 Å². The second-order valence-corrected chi connectivity index (χ2v) is 18.4. The number of hydrogen-bond acceptors (Lipinski definition) is 15. The van der Waals surface area contributed by atoms with Crippen LogP contribution in [0, 0.1) is 0 Å². The lowest BCUT2D eigenvalue weighted by Gasteiger charge is -2.18. The SMILES string of the molecule is C=CC(=O)OC(COC(=O)C1SCCS1)CSc1ccc(Sc2ccc(SCC(COC(=O)C3SCCS3)OC(=O)C=C)cc2)cc1. The highest BCUT2D eigenvalue weighted by Gasteiger charge is 2.28. The zero-order valence-corrected chi connectivity index (χ0v) is 31.0. The molecule has 2 heterocycles. The van der Waals surface area contributed by atoms with E-state index in [1.54, 1.807) is 58.8 Å². The minimum atomic E-state index is -0.592. The van der Waals surface area contributed by atoms with Gasteiger partial charge in [0.2, 0.25) is 0 Å². The van der Waals surface area contributed by atoms with Crippen molar-refractivity contribution in [3.8, 4) is 0 Å². The molecule has 2 fully saturated rings. The molecule has 0 aliphatic carbocycles. The van der Waals surface area contributed by atoms with E-state index in [4.69, 9.17) is 18.9 Å². The van der Waals surface area contributed by atoms with E-state index in [2.05, 4.69) is 13.2 Å². The highest BCUT2D eigenvalue weighted by atomic mass is 32.2. The number of rotatable bonds is 18. The van der Waals surface area contributed by atoms with Gasteiger partial charge in [-0.15, -0.1) is 70.6 Å². The van der Waals surface area contributed by atoms with Crippen LogP contribution in [0.25, 0.3) is 0 Å². The van der Waals surface area contributed by atoms with Gasteiger partial charge in [0.1, 0.15) is 34.6 Å². The van der Waals surface area contributed by atoms with Gasteiger partial charge in [0.15, 0.2) is 0 Å². The van der Waals surface area contributed by atoms with Crippen LogP contribution in [-0.2, 0) is 38.1 Å². The third-order valence-electron chi connectivity index (χ3n) is 6.11. The summed E-state index contributed by atoms with van der Waals surface area (Å²) in [5.74, 6) is 2.86. The Labute approximate surface area is 304 Å². The van der Waals surface area contributed by atoms with E-state index in [-0.39, 0.29) is 34.3 Å². The van der Waals surface area contributed by atoms with Crippen molar-refractivity contribution in [3.05, 3.63) is 73.8 Å². The van der Waals surface area contributed by atoms with Crippen LogP contribution in [0.15, 0.2) is 93.4 Å². The highest BCUT2D eigenvalue weighted by Crippen LogP contribution is 2.34. The van der Waals surface area contributed by atoms with Crippen molar-refractivity contribution in [1.82, 2.24) is 0 Å². The van der Waals surface area contributed by atoms with Crippen molar-refractivity contribution in [3.63, 3.8) is 0 Å². The van der Waals surface area contributed by atoms with Crippen molar-refractivity contribution in [2.24, 2.45) is 0 Å². The van der Waals surface area contributed by atoms with Gasteiger partial charge in [-0.05, 0) is 48.5 Å². The van der Waals surface area contributed by atoms with E-state index >= 15 is 0 Å². The van der Waals surface area contributed by atoms with E-state index in [0.717, 1.165) is 54.7 Å². The molecule has 252 valence electrons. The first-order valence-electron chi connectivity index (χ1n) is 14.4. The van der Waals surface area contributed by atoms with Gasteiger partial charge < -0.3 is 18.9 Å². The van der Waals surface area contributed by atoms with Gasteiger partial charge >= 0.3 is 23.9 Å². The molecule has 8 nitrogen and oxygen atoms in total. The normalized spacial score (nSPS) is 16.2. The number of esters is 4. The van der Waals surface area contributed by atoms with E-state index in [1.807, 2.05) is 48.5 Å². The molecule has 2 atom stereocenters. The van der Waals surface area contributed by atoms with Gasteiger partial charge in [-0.3, -0.25) is 0 Å². The Bertz CT molecular complexity index is 1260. The summed E-state index contributed by atoms with van der Waals surface area (Å²) >= 11 is 10.9. The topological polar surface area (TPSA) is 105 Å². The van der Waals surface area contributed by atoms with Crippen molar-refractivity contribution in [1.29, 1.82) is 0 Å². The molecule has 0 radical (unpaired) electrons. The van der Waals surface area contributed by atoms with Gasteiger partial charge in [-0.2, -0.15) is 0 Å². The fourth-order valence-electron chi connectivity index (χ4n) is 3.85. The van der Waals surface area contributed by atoms with Crippen molar-refractivity contribution in [2.45, 2.75) is 41.0 Å². The van der Waals surface area contributed by atoms with Gasteiger partial charge in [0.25, 0.3) is 0 Å². The van der Waals surface area contributed by atoms with Crippen LogP contribution >= 0.6 is 82.3 Å². The number of benzene rings is 2. The van der Waals surface area contributed by atoms with Crippen LogP contribution < -0.4 is 0 Å². The Balaban J connectivity index is 1.23. The summed E-state index contributed by atoms with van der Waals surface area (Å²) in [5, 5.41) is 0. The highest BCUT2D eigenvalue weighted by molar-refractivity contribution is 8.21. The molecule has 2 aromatic carbocycles. The lowest BCUT2D eigenvalue weighted by molar-refractivity contribution is -0.153. The van der Waals surface area contributed by atoms with Gasteiger partial charge in [0.05, 0.1) is 0 Å². The number of carbonyl (C=O) groups is 4. The molecule has 15 heteroatoms. The van der Waals surface area contributed by atoms with Gasteiger partial charge in [-0.25, -0.2) is 19.2 Å². The van der Waals surface area contributed by atoms with Crippen molar-refractivity contribution >= 4 is 106 Å². The third kappa shape index (κ3) is 13.6. The monoisotopic (exact) mass is 770 g/mol. The number of hydrogen-bond donors (Lipinski definition) is 0. The molecule has 4 rings (SSSR count). The first-order chi connectivity index (χ1) is 22.8. The summed E-state index contributed by atoms with van der Waals surface area (Å²) in [4.78, 5) is 52.4. The predicted molar refractivity (Wildman–Crippen MR) is 198 cm³/mol. The van der Waals surface area contributed by atoms with Crippen molar-refractivity contribution < 1.29 is 38.1 Å². The minimum Gasteiger partial charge on any atom is -0.460 e. The first-order valence-corrected chi connectivity index (χ1v) is 21.4. The standard InChI is InChI=1S/C32H34O8S7/c1-3-27(33)39-21(17-37-29(35)31-41-13-14-42-31)19-45-23-5-9-25(10-6-23)47-26-11-7-24(8-12-26)46-20-22(40-28(34)4-2)18-38-30(36)32-43-15-16-44-32/h3-12,21-22,31-32H,1-2,13-20H2. The Kier molecular flexibility index (Phi) is 16.8. The van der Waals surface area contributed by atoms with Crippen molar-refractivity contribution in [2.75, 3.05) is 47.7 Å². The summed E-state index contributed by atoms with van der Waals surface area (Å²) < 4.78 is 21.3. The number of ether oxygens (including phenoxy) is 4. The fourth-order valence-corrected chi connectivity index (χ4v) is 11.6. The minimum absolute atomic E-state index is 0.00176. The summed E-state index contributed by atoms with van der Waals surface area (Å²) in [6, 6.07) is 16.1. The maximum Gasteiger partial charge on any atom is 0.330 e. The van der Waals surface area contributed by atoms with Crippen LogP contribution in [0.2, 0.25) is 0 Å². The Morgan fingerprint density at radius 2 is 0.979 bits per heavy atom. The Morgan fingerprint density at radius 1 is 0.638 bits per heavy atom. The second-order valence-electron chi connectivity index (χ2n) is 9.60. The quantitative estimate of drug-likeness (QED) is 0.0678. The smallest absolute Gasteiger partial charge is 0.330 e. The maximum atomic E-state index is 12.3. The zero-order chi connectivity index (χ0) is 33.4. The molecule has 0 spiro atoms. The lowest BCUT2D eigenvalue weighted by atomic mass is 10.4. The van der Waals surface area contributed by atoms with E-state index in [9.17, 15) is 19.2 Å². The number of thioether (sulfide) groups is 6. The third-order valence-corrected chi connectivity index (χ3v) is 15.3. The second kappa shape index (κ2) is 20.7. The molecule has 2 aliphatic rings. The average Bonchev–Trinajstić information content (AvgIpc) is 3.84. The van der Waals surface area contributed by atoms with E-state index in [0.29, 0.717) is 11.5 Å². The molecule has 0 amide bonds. The molecule has 0 aromatic heterocycles. The fraction of sp³-hybridized carbons (Fsp3) is 0.375.